The van der Waals surface area contributed by atoms with Crippen LogP contribution in [0.2, 0.25) is 0 Å². The molecule has 3 aromatic carbocycles. The summed E-state index contributed by atoms with van der Waals surface area (Å²) in [4.78, 5) is 7.70. The molecule has 27 heavy (non-hydrogen) atoms. The van der Waals surface area contributed by atoms with E-state index in [4.69, 9.17) is 4.74 Å². The molecule has 4 rings (SSSR count). The molecule has 1 aromatic heterocycles. The topological polar surface area (TPSA) is 61.7 Å². The van der Waals surface area contributed by atoms with Gasteiger partial charge in [0.1, 0.15) is 24.3 Å². The number of allylic oxidation sites excluding steroid dienone is 1. The van der Waals surface area contributed by atoms with Crippen LogP contribution in [-0.2, 0) is 6.61 Å². The molecule has 0 atom stereocenters. The Kier molecular flexibility index (Phi) is 4.67. The van der Waals surface area contributed by atoms with Gasteiger partial charge in [-0.2, -0.15) is 5.26 Å². The number of hydrogen-bond donors (Lipinski definition) is 1. The van der Waals surface area contributed by atoms with E-state index in [1.165, 1.54) is 0 Å². The first-order chi connectivity index (χ1) is 13.3. The van der Waals surface area contributed by atoms with E-state index in [1.807, 2.05) is 84.9 Å². The Morgan fingerprint density at radius 3 is 2.63 bits per heavy atom. The molecular weight excluding hydrogens is 334 g/mol. The molecule has 0 amide bonds. The van der Waals surface area contributed by atoms with Gasteiger partial charge in [-0.05, 0) is 41.5 Å². The second-order valence-electron chi connectivity index (χ2n) is 6.12. The minimum Gasteiger partial charge on any atom is -0.489 e. The van der Waals surface area contributed by atoms with Gasteiger partial charge in [0.2, 0.25) is 0 Å². The molecule has 0 fully saturated rings. The number of rotatable bonds is 5. The predicted molar refractivity (Wildman–Crippen MR) is 107 cm³/mol. The van der Waals surface area contributed by atoms with Gasteiger partial charge < -0.3 is 9.72 Å². The van der Waals surface area contributed by atoms with Crippen LogP contribution in [0.3, 0.4) is 0 Å². The number of nitrogens with one attached hydrogen (secondary N) is 1. The summed E-state index contributed by atoms with van der Waals surface area (Å²) in [7, 11) is 0. The molecular formula is C23H17N3O. The average Bonchev–Trinajstić information content (AvgIpc) is 3.15. The highest BCUT2D eigenvalue weighted by atomic mass is 16.5. The van der Waals surface area contributed by atoms with Gasteiger partial charge in [0.05, 0.1) is 16.6 Å². The molecule has 4 heteroatoms. The number of nitriles is 1. The molecule has 1 heterocycles. The van der Waals surface area contributed by atoms with Gasteiger partial charge in [0, 0.05) is 0 Å². The lowest BCUT2D eigenvalue weighted by Crippen LogP contribution is -1.95. The summed E-state index contributed by atoms with van der Waals surface area (Å²) in [6, 6.07) is 27.7. The van der Waals surface area contributed by atoms with Crippen LogP contribution in [0.15, 0.2) is 78.9 Å². The molecule has 1 N–H and O–H groups in total. The maximum absolute atomic E-state index is 9.58. The number of ether oxygens (including phenoxy) is 1. The number of aromatic nitrogens is 2. The Morgan fingerprint density at radius 1 is 1.00 bits per heavy atom. The van der Waals surface area contributed by atoms with Crippen molar-refractivity contribution in [3.63, 3.8) is 0 Å². The summed E-state index contributed by atoms with van der Waals surface area (Å²) in [5.74, 6) is 1.32. The number of hydrogen-bond acceptors (Lipinski definition) is 3. The number of imidazole rings is 1. The molecule has 4 nitrogen and oxygen atoms in total. The quantitative estimate of drug-likeness (QED) is 0.502. The number of para-hydroxylation sites is 2. The number of nitrogens with zero attached hydrogens (tertiary/aromatic N) is 2. The second kappa shape index (κ2) is 7.59. The zero-order valence-electron chi connectivity index (χ0n) is 14.6. The van der Waals surface area contributed by atoms with Gasteiger partial charge in [-0.15, -0.1) is 0 Å². The van der Waals surface area contributed by atoms with E-state index in [1.54, 1.807) is 0 Å². The van der Waals surface area contributed by atoms with Crippen molar-refractivity contribution < 1.29 is 4.74 Å². The van der Waals surface area contributed by atoms with Crippen LogP contribution in [0.1, 0.15) is 17.0 Å². The van der Waals surface area contributed by atoms with Crippen molar-refractivity contribution in [1.82, 2.24) is 9.97 Å². The lowest BCUT2D eigenvalue weighted by Gasteiger charge is -2.07. The first-order valence-corrected chi connectivity index (χ1v) is 8.65. The van der Waals surface area contributed by atoms with Crippen LogP contribution in [-0.4, -0.2) is 9.97 Å². The zero-order chi connectivity index (χ0) is 18.5. The Bertz CT molecular complexity index is 1100. The molecule has 0 unspecified atom stereocenters. The molecule has 0 aliphatic carbocycles. The molecule has 130 valence electrons. The molecule has 0 saturated carbocycles. The van der Waals surface area contributed by atoms with Gasteiger partial charge in [0.15, 0.2) is 0 Å². The van der Waals surface area contributed by atoms with Gasteiger partial charge in [-0.1, -0.05) is 54.6 Å². The third-order valence-corrected chi connectivity index (χ3v) is 4.18. The minimum absolute atomic E-state index is 0.478. The van der Waals surface area contributed by atoms with Crippen LogP contribution in [0, 0.1) is 11.3 Å². The highest BCUT2D eigenvalue weighted by molar-refractivity contribution is 5.90. The Balaban J connectivity index is 1.57. The van der Waals surface area contributed by atoms with Crippen LogP contribution >= 0.6 is 0 Å². The van der Waals surface area contributed by atoms with Crippen molar-refractivity contribution in [2.75, 3.05) is 0 Å². The smallest absolute Gasteiger partial charge is 0.149 e. The van der Waals surface area contributed by atoms with Crippen LogP contribution in [0.5, 0.6) is 5.75 Å². The third-order valence-electron chi connectivity index (χ3n) is 4.18. The maximum Gasteiger partial charge on any atom is 0.149 e. The summed E-state index contributed by atoms with van der Waals surface area (Å²) in [6.45, 7) is 0.503. The van der Waals surface area contributed by atoms with Crippen molar-refractivity contribution >= 4 is 22.7 Å². The van der Waals surface area contributed by atoms with E-state index in [-0.39, 0.29) is 0 Å². The molecule has 4 aromatic rings. The largest absolute Gasteiger partial charge is 0.489 e. The first-order valence-electron chi connectivity index (χ1n) is 8.65. The molecule has 0 radical (unpaired) electrons. The lowest BCUT2D eigenvalue weighted by molar-refractivity contribution is 0.306. The normalized spacial score (nSPS) is 11.3. The van der Waals surface area contributed by atoms with Crippen LogP contribution in [0.25, 0.3) is 22.7 Å². The molecule has 0 aliphatic rings. The second-order valence-corrected chi connectivity index (χ2v) is 6.12. The molecule has 0 aliphatic heterocycles. The van der Waals surface area contributed by atoms with Gasteiger partial charge >= 0.3 is 0 Å². The highest BCUT2D eigenvalue weighted by Crippen LogP contribution is 2.22. The van der Waals surface area contributed by atoms with E-state index < -0.39 is 0 Å². The van der Waals surface area contributed by atoms with Gasteiger partial charge in [-0.25, -0.2) is 4.98 Å². The van der Waals surface area contributed by atoms with Gasteiger partial charge in [-0.3, -0.25) is 0 Å². The van der Waals surface area contributed by atoms with E-state index in [2.05, 4.69) is 16.0 Å². The van der Waals surface area contributed by atoms with E-state index in [0.717, 1.165) is 27.9 Å². The summed E-state index contributed by atoms with van der Waals surface area (Å²) in [5, 5.41) is 9.58. The number of aromatic amines is 1. The van der Waals surface area contributed by atoms with Crippen molar-refractivity contribution in [2.24, 2.45) is 0 Å². The average molecular weight is 351 g/mol. The van der Waals surface area contributed by atoms with Crippen molar-refractivity contribution in [3.8, 4) is 11.8 Å². The Labute approximate surface area is 157 Å². The van der Waals surface area contributed by atoms with Crippen molar-refractivity contribution in [2.45, 2.75) is 6.61 Å². The van der Waals surface area contributed by atoms with E-state index in [0.29, 0.717) is 18.0 Å². The van der Waals surface area contributed by atoms with Crippen molar-refractivity contribution in [3.05, 3.63) is 95.8 Å². The Morgan fingerprint density at radius 2 is 1.81 bits per heavy atom. The summed E-state index contributed by atoms with van der Waals surface area (Å²) < 4.78 is 5.87. The monoisotopic (exact) mass is 351 g/mol. The fourth-order valence-corrected chi connectivity index (χ4v) is 2.84. The summed E-state index contributed by atoms with van der Waals surface area (Å²) in [5.41, 5.74) is 4.23. The van der Waals surface area contributed by atoms with Crippen LogP contribution in [0.4, 0.5) is 0 Å². The minimum atomic E-state index is 0.478. The van der Waals surface area contributed by atoms with Gasteiger partial charge in [0.25, 0.3) is 0 Å². The first kappa shape index (κ1) is 16.6. The van der Waals surface area contributed by atoms with E-state index >= 15 is 0 Å². The predicted octanol–water partition coefficient (Wildman–Crippen LogP) is 5.21. The Hall–Kier alpha value is -3.84. The third kappa shape index (κ3) is 3.88. The molecule has 0 saturated heterocycles. The lowest BCUT2D eigenvalue weighted by atomic mass is 10.1. The molecule has 0 spiro atoms. The van der Waals surface area contributed by atoms with E-state index in [9.17, 15) is 5.26 Å². The fraction of sp³-hybridized carbons (Fsp3) is 0.0435. The maximum atomic E-state index is 9.58. The molecule has 0 bridgehead atoms. The SMILES string of the molecule is N#C/C(=C/c1cccc(OCc2ccccc2)c1)c1nc2ccccc2[nH]1. The number of H-pyrrole nitrogens is 1. The fourth-order valence-electron chi connectivity index (χ4n) is 2.84. The van der Waals surface area contributed by atoms with Crippen molar-refractivity contribution in [1.29, 1.82) is 5.26 Å². The zero-order valence-corrected chi connectivity index (χ0v) is 14.6. The summed E-state index contributed by atoms with van der Waals surface area (Å²) in [6.07, 6.45) is 1.81. The van der Waals surface area contributed by atoms with Crippen LogP contribution < -0.4 is 4.74 Å². The summed E-state index contributed by atoms with van der Waals surface area (Å²) >= 11 is 0. The standard InChI is InChI=1S/C23H17N3O/c24-15-19(23-25-21-11-4-5-12-22(21)26-23)13-18-9-6-10-20(14-18)27-16-17-7-2-1-3-8-17/h1-14H,16H2,(H,25,26)/b19-13-. The number of benzene rings is 3. The highest BCUT2D eigenvalue weighted by Gasteiger charge is 2.08. The number of fused-ring (bicyclic) bond motifs is 1.